The van der Waals surface area contributed by atoms with Gasteiger partial charge in [-0.2, -0.15) is 0 Å². The Labute approximate surface area is 120 Å². The second-order valence-corrected chi connectivity index (χ2v) is 7.05. The summed E-state index contributed by atoms with van der Waals surface area (Å²) < 4.78 is 31.2. The van der Waals surface area contributed by atoms with Crippen molar-refractivity contribution in [3.8, 4) is 5.75 Å². The lowest BCUT2D eigenvalue weighted by molar-refractivity contribution is 0.263. The van der Waals surface area contributed by atoms with Crippen LogP contribution in [0.25, 0.3) is 0 Å². The van der Waals surface area contributed by atoms with E-state index in [1.165, 1.54) is 6.26 Å². The minimum absolute atomic E-state index is 0.0221. The molecule has 3 N–H and O–H groups in total. The monoisotopic (exact) mass is 298 g/mol. The van der Waals surface area contributed by atoms with Gasteiger partial charge >= 0.3 is 0 Å². The predicted molar refractivity (Wildman–Crippen MR) is 79.1 cm³/mol. The molecule has 2 rings (SSSR count). The molecule has 1 aliphatic heterocycles. The molecule has 0 saturated carbocycles. The number of nitrogens with two attached hydrogens (primary N) is 1. The fraction of sp³-hybridized carbons (Fsp3) is 0.571. The van der Waals surface area contributed by atoms with E-state index in [1.54, 1.807) is 0 Å². The highest BCUT2D eigenvalue weighted by molar-refractivity contribution is 7.88. The standard InChI is InChI=1S/C14H22N2O3S/c1-3-4-12(15)10-5-6-14-11(9-10)13(7-8-19-14)16-20(2,17)18/h5-6,9,12-13,16H,3-4,7-8,15H2,1-2H3. The van der Waals surface area contributed by atoms with Gasteiger partial charge in [0.15, 0.2) is 0 Å². The third kappa shape index (κ3) is 3.71. The fourth-order valence-corrected chi connectivity index (χ4v) is 3.26. The van der Waals surface area contributed by atoms with Crippen LogP contribution < -0.4 is 15.2 Å². The lowest BCUT2D eigenvalue weighted by atomic mass is 9.95. The van der Waals surface area contributed by atoms with E-state index >= 15 is 0 Å². The Morgan fingerprint density at radius 3 is 2.90 bits per heavy atom. The van der Waals surface area contributed by atoms with Crippen molar-refractivity contribution in [3.05, 3.63) is 29.3 Å². The minimum atomic E-state index is -3.25. The maximum absolute atomic E-state index is 11.5. The summed E-state index contributed by atoms with van der Waals surface area (Å²) in [6.45, 7) is 2.61. The molecule has 0 aromatic heterocycles. The van der Waals surface area contributed by atoms with E-state index in [2.05, 4.69) is 11.6 Å². The van der Waals surface area contributed by atoms with Crippen molar-refractivity contribution in [3.63, 3.8) is 0 Å². The zero-order valence-electron chi connectivity index (χ0n) is 11.9. The molecule has 2 atom stereocenters. The first-order valence-corrected chi connectivity index (χ1v) is 8.79. The Morgan fingerprint density at radius 1 is 1.50 bits per heavy atom. The van der Waals surface area contributed by atoms with Gasteiger partial charge in [-0.15, -0.1) is 0 Å². The number of rotatable bonds is 5. The SMILES string of the molecule is CCCC(N)c1ccc2c(c1)C(NS(C)(=O)=O)CCO2. The van der Waals surface area contributed by atoms with Crippen LogP contribution in [0.15, 0.2) is 18.2 Å². The molecule has 5 nitrogen and oxygen atoms in total. The lowest BCUT2D eigenvalue weighted by Crippen LogP contribution is -2.31. The van der Waals surface area contributed by atoms with Crippen molar-refractivity contribution < 1.29 is 13.2 Å². The number of sulfonamides is 1. The summed E-state index contributed by atoms with van der Waals surface area (Å²) in [5.41, 5.74) is 8.04. The first-order valence-electron chi connectivity index (χ1n) is 6.90. The van der Waals surface area contributed by atoms with E-state index < -0.39 is 10.0 Å². The van der Waals surface area contributed by atoms with Crippen molar-refractivity contribution in [1.29, 1.82) is 0 Å². The van der Waals surface area contributed by atoms with E-state index in [9.17, 15) is 8.42 Å². The first kappa shape index (κ1) is 15.3. The Balaban J connectivity index is 2.31. The molecular formula is C14H22N2O3S. The fourth-order valence-electron chi connectivity index (χ4n) is 2.50. The van der Waals surface area contributed by atoms with Gasteiger partial charge in [-0.25, -0.2) is 13.1 Å². The molecule has 1 aromatic rings. The van der Waals surface area contributed by atoms with Crippen LogP contribution in [0.3, 0.4) is 0 Å². The molecule has 1 heterocycles. The van der Waals surface area contributed by atoms with Gasteiger partial charge in [-0.05, 0) is 24.1 Å². The molecule has 0 aliphatic carbocycles. The highest BCUT2D eigenvalue weighted by atomic mass is 32.2. The minimum Gasteiger partial charge on any atom is -0.493 e. The van der Waals surface area contributed by atoms with Crippen molar-refractivity contribution in [2.24, 2.45) is 5.73 Å². The first-order chi connectivity index (χ1) is 9.40. The maximum atomic E-state index is 11.5. The van der Waals surface area contributed by atoms with Crippen LogP contribution in [0, 0.1) is 0 Å². The molecule has 0 spiro atoms. The third-order valence-corrected chi connectivity index (χ3v) is 4.17. The van der Waals surface area contributed by atoms with E-state index in [4.69, 9.17) is 10.5 Å². The maximum Gasteiger partial charge on any atom is 0.209 e. The third-order valence-electron chi connectivity index (χ3n) is 3.46. The average Bonchev–Trinajstić information content (AvgIpc) is 2.37. The number of hydrogen-bond donors (Lipinski definition) is 2. The van der Waals surface area contributed by atoms with Crippen LogP contribution in [0.4, 0.5) is 0 Å². The van der Waals surface area contributed by atoms with Crippen LogP contribution in [0.5, 0.6) is 5.75 Å². The second kappa shape index (κ2) is 6.11. The molecule has 20 heavy (non-hydrogen) atoms. The molecule has 0 radical (unpaired) electrons. The number of benzene rings is 1. The highest BCUT2D eigenvalue weighted by Crippen LogP contribution is 2.34. The summed E-state index contributed by atoms with van der Waals surface area (Å²) in [5.74, 6) is 0.741. The average molecular weight is 298 g/mol. The molecule has 0 amide bonds. The van der Waals surface area contributed by atoms with Crippen molar-refractivity contribution >= 4 is 10.0 Å². The molecule has 6 heteroatoms. The van der Waals surface area contributed by atoms with E-state index in [1.807, 2.05) is 18.2 Å². The Bertz CT molecular complexity index is 572. The largest absolute Gasteiger partial charge is 0.493 e. The highest BCUT2D eigenvalue weighted by Gasteiger charge is 2.25. The molecule has 0 bridgehead atoms. The molecule has 112 valence electrons. The molecule has 0 fully saturated rings. The van der Waals surface area contributed by atoms with Crippen LogP contribution in [0.1, 0.15) is 49.4 Å². The van der Waals surface area contributed by atoms with Gasteiger partial charge in [0.1, 0.15) is 5.75 Å². The summed E-state index contributed by atoms with van der Waals surface area (Å²) in [4.78, 5) is 0. The van der Waals surface area contributed by atoms with E-state index in [-0.39, 0.29) is 12.1 Å². The molecule has 1 aromatic carbocycles. The zero-order valence-corrected chi connectivity index (χ0v) is 12.7. The normalized spacial score (nSPS) is 20.1. The summed E-state index contributed by atoms with van der Waals surface area (Å²) in [7, 11) is -3.25. The van der Waals surface area contributed by atoms with Gasteiger partial charge in [0.25, 0.3) is 0 Å². The van der Waals surface area contributed by atoms with Crippen molar-refractivity contribution in [2.45, 2.75) is 38.3 Å². The number of hydrogen-bond acceptors (Lipinski definition) is 4. The lowest BCUT2D eigenvalue weighted by Gasteiger charge is -2.27. The van der Waals surface area contributed by atoms with E-state index in [0.717, 1.165) is 29.7 Å². The van der Waals surface area contributed by atoms with Gasteiger partial charge in [-0.1, -0.05) is 19.4 Å². The second-order valence-electron chi connectivity index (χ2n) is 5.27. The van der Waals surface area contributed by atoms with E-state index in [0.29, 0.717) is 13.0 Å². The van der Waals surface area contributed by atoms with Gasteiger partial charge in [-0.3, -0.25) is 0 Å². The van der Waals surface area contributed by atoms with Crippen molar-refractivity contribution in [1.82, 2.24) is 4.72 Å². The molecular weight excluding hydrogens is 276 g/mol. The van der Waals surface area contributed by atoms with Gasteiger partial charge in [0, 0.05) is 18.0 Å². The topological polar surface area (TPSA) is 81.4 Å². The number of fused-ring (bicyclic) bond motifs is 1. The summed E-state index contributed by atoms with van der Waals surface area (Å²) in [5, 5.41) is 0. The molecule has 2 unspecified atom stereocenters. The van der Waals surface area contributed by atoms with Crippen LogP contribution in [-0.2, 0) is 10.0 Å². The summed E-state index contributed by atoms with van der Waals surface area (Å²) in [6.07, 6.45) is 3.73. The van der Waals surface area contributed by atoms with Gasteiger partial charge < -0.3 is 10.5 Å². The summed E-state index contributed by atoms with van der Waals surface area (Å²) in [6, 6.07) is 5.56. The smallest absolute Gasteiger partial charge is 0.209 e. The quantitative estimate of drug-likeness (QED) is 0.869. The molecule has 0 saturated heterocycles. The van der Waals surface area contributed by atoms with Crippen LogP contribution >= 0.6 is 0 Å². The van der Waals surface area contributed by atoms with Gasteiger partial charge in [0.05, 0.1) is 18.9 Å². The Hall–Kier alpha value is -1.11. The van der Waals surface area contributed by atoms with Gasteiger partial charge in [0.2, 0.25) is 10.0 Å². The van der Waals surface area contributed by atoms with Crippen molar-refractivity contribution in [2.75, 3.05) is 12.9 Å². The Kier molecular flexibility index (Phi) is 4.67. The molecule has 1 aliphatic rings. The number of nitrogens with one attached hydrogen (secondary N) is 1. The van der Waals surface area contributed by atoms with Crippen LogP contribution in [-0.4, -0.2) is 21.3 Å². The summed E-state index contributed by atoms with van der Waals surface area (Å²) >= 11 is 0. The Morgan fingerprint density at radius 2 is 2.25 bits per heavy atom. The zero-order chi connectivity index (χ0) is 14.8. The van der Waals surface area contributed by atoms with Crippen LogP contribution in [0.2, 0.25) is 0 Å². The predicted octanol–water partition coefficient (Wildman–Crippen LogP) is 1.86. The number of ether oxygens (including phenoxy) is 1.